The molecule has 1 heterocycles. The molecule has 39 heavy (non-hydrogen) atoms. The van der Waals surface area contributed by atoms with Gasteiger partial charge in [0.25, 0.3) is 5.91 Å². The molecule has 1 atom stereocenters. The van der Waals surface area contributed by atoms with Gasteiger partial charge in [0.15, 0.2) is 35.0 Å². The van der Waals surface area contributed by atoms with Crippen LogP contribution in [0.5, 0.6) is 28.7 Å². The smallest absolute Gasteiger partial charge is 0.306 e. The Morgan fingerprint density at radius 3 is 2.31 bits per heavy atom. The van der Waals surface area contributed by atoms with Gasteiger partial charge in [-0.1, -0.05) is 36.4 Å². The van der Waals surface area contributed by atoms with Gasteiger partial charge >= 0.3 is 5.97 Å². The predicted octanol–water partition coefficient (Wildman–Crippen LogP) is 3.14. The van der Waals surface area contributed by atoms with Gasteiger partial charge in [-0.3, -0.25) is 14.4 Å². The maximum atomic E-state index is 13.1. The molecule has 4 rings (SSSR count). The molecule has 5 N–H and O–H groups in total. The average Bonchev–Trinajstić information content (AvgIpc) is 2.94. The number of methoxy groups -OCH3 is 2. The summed E-state index contributed by atoms with van der Waals surface area (Å²) in [5.41, 5.74) is 4.98. The number of carbonyl (C=O) groups is 2. The number of hydrogen-bond acceptors (Lipinski definition) is 10. The van der Waals surface area contributed by atoms with Gasteiger partial charge in [0.2, 0.25) is 5.75 Å². The molecule has 3 aromatic carbocycles. The zero-order valence-corrected chi connectivity index (χ0v) is 21.0. The number of rotatable bonds is 9. The van der Waals surface area contributed by atoms with Gasteiger partial charge in [0.05, 0.1) is 20.6 Å². The molecule has 0 saturated heterocycles. The SMILES string of the molecule is COC(=O)C[C@H](c1ccc(OCC(N)=O)c(OC)c1)c1c(O)c(O)c(O)c2c(=O)cc(-c3ccccc3)oc12. The summed E-state index contributed by atoms with van der Waals surface area (Å²) in [5, 5.41) is 31.8. The number of fused-ring (bicyclic) bond motifs is 1. The minimum absolute atomic E-state index is 0.128. The van der Waals surface area contributed by atoms with E-state index in [1.165, 1.54) is 32.4 Å². The lowest BCUT2D eigenvalue weighted by atomic mass is 9.86. The van der Waals surface area contributed by atoms with E-state index in [0.717, 1.165) is 6.07 Å². The second-order valence-electron chi connectivity index (χ2n) is 8.50. The van der Waals surface area contributed by atoms with Crippen molar-refractivity contribution in [3.63, 3.8) is 0 Å². The lowest BCUT2D eigenvalue weighted by molar-refractivity contribution is -0.140. The maximum absolute atomic E-state index is 13.1. The summed E-state index contributed by atoms with van der Waals surface area (Å²) in [6, 6.07) is 14.3. The highest BCUT2D eigenvalue weighted by molar-refractivity contribution is 5.93. The van der Waals surface area contributed by atoms with E-state index in [9.17, 15) is 29.7 Å². The van der Waals surface area contributed by atoms with Crippen molar-refractivity contribution < 1.29 is 43.5 Å². The largest absolute Gasteiger partial charge is 0.504 e. The summed E-state index contributed by atoms with van der Waals surface area (Å²) in [7, 11) is 2.54. The van der Waals surface area contributed by atoms with Crippen LogP contribution in [0.25, 0.3) is 22.3 Å². The fourth-order valence-corrected chi connectivity index (χ4v) is 4.25. The molecule has 0 spiro atoms. The minimum Gasteiger partial charge on any atom is -0.504 e. The highest BCUT2D eigenvalue weighted by Crippen LogP contribution is 2.50. The molecular formula is C28H25NO10. The van der Waals surface area contributed by atoms with Crippen LogP contribution in [-0.2, 0) is 14.3 Å². The number of primary amides is 1. The monoisotopic (exact) mass is 535 g/mol. The number of esters is 1. The number of nitrogens with two attached hydrogens (primary N) is 1. The van der Waals surface area contributed by atoms with Crippen LogP contribution in [0.3, 0.4) is 0 Å². The maximum Gasteiger partial charge on any atom is 0.306 e. The van der Waals surface area contributed by atoms with Crippen LogP contribution < -0.4 is 20.6 Å². The van der Waals surface area contributed by atoms with Crippen LogP contribution in [0, 0.1) is 0 Å². The van der Waals surface area contributed by atoms with Crippen molar-refractivity contribution in [2.75, 3.05) is 20.8 Å². The molecule has 1 aromatic heterocycles. The summed E-state index contributed by atoms with van der Waals surface area (Å²) in [4.78, 5) is 36.8. The van der Waals surface area contributed by atoms with E-state index in [1.807, 2.05) is 0 Å². The number of carbonyl (C=O) groups excluding carboxylic acids is 2. The van der Waals surface area contributed by atoms with Crippen LogP contribution in [-0.4, -0.2) is 48.0 Å². The molecule has 0 bridgehead atoms. The van der Waals surface area contributed by atoms with Gasteiger partial charge in [-0.25, -0.2) is 0 Å². The van der Waals surface area contributed by atoms with E-state index in [4.69, 9.17) is 24.4 Å². The van der Waals surface area contributed by atoms with E-state index < -0.39 is 47.1 Å². The predicted molar refractivity (Wildman–Crippen MR) is 139 cm³/mol. The minimum atomic E-state index is -1.07. The quantitative estimate of drug-likeness (QED) is 0.184. The van der Waals surface area contributed by atoms with Crippen LogP contribution in [0.1, 0.15) is 23.5 Å². The van der Waals surface area contributed by atoms with Crippen LogP contribution in [0.4, 0.5) is 0 Å². The Labute approximate surface area is 221 Å². The van der Waals surface area contributed by atoms with Crippen molar-refractivity contribution in [3.8, 4) is 40.1 Å². The summed E-state index contributed by atoms with van der Waals surface area (Å²) in [5.74, 6) is -4.61. The zero-order chi connectivity index (χ0) is 28.3. The molecule has 4 aromatic rings. The fourth-order valence-electron chi connectivity index (χ4n) is 4.25. The lowest BCUT2D eigenvalue weighted by Crippen LogP contribution is -2.20. The number of aromatic hydroxyl groups is 3. The Morgan fingerprint density at radius 1 is 0.949 bits per heavy atom. The molecule has 0 unspecified atom stereocenters. The molecule has 1 amide bonds. The van der Waals surface area contributed by atoms with Gasteiger partial charge in [-0.05, 0) is 17.7 Å². The molecule has 0 aliphatic carbocycles. The summed E-state index contributed by atoms with van der Waals surface area (Å²) in [6.45, 7) is -0.411. The van der Waals surface area contributed by atoms with E-state index in [1.54, 1.807) is 30.3 Å². The van der Waals surface area contributed by atoms with Crippen molar-refractivity contribution in [1.29, 1.82) is 0 Å². The Balaban J connectivity index is 2.01. The second kappa shape index (κ2) is 11.1. The zero-order valence-electron chi connectivity index (χ0n) is 21.0. The normalized spacial score (nSPS) is 11.6. The molecule has 11 heteroatoms. The first kappa shape index (κ1) is 26.9. The number of phenolic OH excluding ortho intramolecular Hbond substituents is 3. The molecular weight excluding hydrogens is 510 g/mol. The van der Waals surface area contributed by atoms with Gasteiger partial charge < -0.3 is 39.7 Å². The molecule has 0 aliphatic rings. The molecule has 0 fully saturated rings. The van der Waals surface area contributed by atoms with Crippen LogP contribution >= 0.6 is 0 Å². The second-order valence-corrected chi connectivity index (χ2v) is 8.50. The number of amides is 1. The lowest BCUT2D eigenvalue weighted by Gasteiger charge is -2.22. The highest BCUT2D eigenvalue weighted by Gasteiger charge is 2.31. The van der Waals surface area contributed by atoms with Gasteiger partial charge in [-0.2, -0.15) is 0 Å². The fraction of sp³-hybridized carbons (Fsp3) is 0.179. The third-order valence-corrected chi connectivity index (χ3v) is 6.10. The van der Waals surface area contributed by atoms with E-state index in [2.05, 4.69) is 0 Å². The van der Waals surface area contributed by atoms with Gasteiger partial charge in [0.1, 0.15) is 16.7 Å². The Hall–Kier alpha value is -5.19. The van der Waals surface area contributed by atoms with E-state index in [0.29, 0.717) is 11.1 Å². The number of hydrogen-bond donors (Lipinski definition) is 4. The van der Waals surface area contributed by atoms with Crippen molar-refractivity contribution in [2.24, 2.45) is 5.73 Å². The Kier molecular flexibility index (Phi) is 7.61. The summed E-state index contributed by atoms with van der Waals surface area (Å²) in [6.07, 6.45) is -0.368. The van der Waals surface area contributed by atoms with Crippen molar-refractivity contribution in [3.05, 3.63) is 75.9 Å². The summed E-state index contributed by atoms with van der Waals surface area (Å²) >= 11 is 0. The van der Waals surface area contributed by atoms with Crippen LogP contribution in [0.15, 0.2) is 63.8 Å². The van der Waals surface area contributed by atoms with E-state index in [-0.39, 0.29) is 40.2 Å². The first-order chi connectivity index (χ1) is 18.7. The first-order valence-corrected chi connectivity index (χ1v) is 11.6. The molecule has 0 radical (unpaired) electrons. The average molecular weight is 536 g/mol. The van der Waals surface area contributed by atoms with Gasteiger partial charge in [0, 0.05) is 23.1 Å². The third-order valence-electron chi connectivity index (χ3n) is 6.10. The van der Waals surface area contributed by atoms with Crippen molar-refractivity contribution in [1.82, 2.24) is 0 Å². The number of benzene rings is 3. The van der Waals surface area contributed by atoms with Crippen molar-refractivity contribution in [2.45, 2.75) is 12.3 Å². The standard InChI is InChI=1S/C28H25NO10/c1-36-20-10-15(8-9-18(20)38-13-21(29)31)16(11-22(32)37-2)23-25(33)27(35)26(34)24-17(30)12-19(39-28(23)24)14-6-4-3-5-7-14/h3-10,12,16,33-35H,11,13H2,1-2H3,(H2,29,31)/t16-/m1/s1. The molecule has 0 aliphatic heterocycles. The first-order valence-electron chi connectivity index (χ1n) is 11.6. The topological polar surface area (TPSA) is 179 Å². The number of ether oxygens (including phenoxy) is 3. The van der Waals surface area contributed by atoms with Gasteiger partial charge in [-0.15, -0.1) is 0 Å². The Morgan fingerprint density at radius 2 is 1.67 bits per heavy atom. The summed E-state index contributed by atoms with van der Waals surface area (Å²) < 4.78 is 21.6. The molecule has 0 saturated carbocycles. The number of phenols is 3. The van der Waals surface area contributed by atoms with Crippen molar-refractivity contribution >= 4 is 22.8 Å². The van der Waals surface area contributed by atoms with E-state index >= 15 is 0 Å². The molecule has 202 valence electrons. The highest BCUT2D eigenvalue weighted by atomic mass is 16.5. The Bertz CT molecular complexity index is 1610. The molecule has 11 nitrogen and oxygen atoms in total. The van der Waals surface area contributed by atoms with Crippen LogP contribution in [0.2, 0.25) is 0 Å². The third kappa shape index (κ3) is 5.28.